The molecule has 0 fully saturated rings. The van der Waals surface area contributed by atoms with Crippen LogP contribution in [0.25, 0.3) is 50.3 Å². The van der Waals surface area contributed by atoms with Crippen LogP contribution in [-0.4, -0.2) is 15.0 Å². The molecular formula is C34H24ClN3O. The Morgan fingerprint density at radius 3 is 2.21 bits per heavy atom. The van der Waals surface area contributed by atoms with Crippen molar-refractivity contribution in [3.05, 3.63) is 132 Å². The molecule has 5 heteroatoms. The second-order valence-electron chi connectivity index (χ2n) is 9.84. The molecule has 2 unspecified atom stereocenters. The van der Waals surface area contributed by atoms with Gasteiger partial charge < -0.3 is 4.42 Å². The molecule has 2 atom stereocenters. The molecule has 39 heavy (non-hydrogen) atoms. The first-order chi connectivity index (χ1) is 19.2. The van der Waals surface area contributed by atoms with Crippen molar-refractivity contribution < 1.29 is 4.42 Å². The first-order valence-electron chi connectivity index (χ1n) is 13.0. The minimum Gasteiger partial charge on any atom is -0.454 e. The molecule has 0 bridgehead atoms. The fraction of sp³-hybridized carbons (Fsp3) is 0.0882. The molecule has 0 radical (unpaired) electrons. The molecule has 0 saturated carbocycles. The number of hydrogen-bond donors (Lipinski definition) is 0. The summed E-state index contributed by atoms with van der Waals surface area (Å²) >= 11 is 6.48. The number of furan rings is 1. The van der Waals surface area contributed by atoms with Gasteiger partial charge in [-0.2, -0.15) is 0 Å². The van der Waals surface area contributed by atoms with Crippen molar-refractivity contribution in [3.8, 4) is 22.8 Å². The van der Waals surface area contributed by atoms with Crippen LogP contribution in [-0.2, 0) is 0 Å². The summed E-state index contributed by atoms with van der Waals surface area (Å²) in [6, 6.07) is 32.3. The lowest BCUT2D eigenvalue weighted by Gasteiger charge is -2.23. The zero-order chi connectivity index (χ0) is 26.3. The summed E-state index contributed by atoms with van der Waals surface area (Å²) in [5, 5.41) is 2.47. The summed E-state index contributed by atoms with van der Waals surface area (Å²) in [6.07, 6.45) is 6.70. The molecule has 6 aromatic rings. The molecule has 0 saturated heterocycles. The molecule has 188 valence electrons. The minimum absolute atomic E-state index is 0.0106. The van der Waals surface area contributed by atoms with Gasteiger partial charge in [0.2, 0.25) is 0 Å². The van der Waals surface area contributed by atoms with Gasteiger partial charge in [-0.15, -0.1) is 0 Å². The standard InChI is InChI=1S/C34H24ClN3O/c1-21-20-24(22-10-4-2-5-11-22)18-19-25(21)33-36-32(23-12-6-3-7-13-23)37-34(38-33)27-15-9-17-29-30(27)26-14-8-16-28(35)31(26)39-29/h2-21,25H,1H3. The van der Waals surface area contributed by atoms with Crippen molar-refractivity contribution >= 4 is 39.1 Å². The van der Waals surface area contributed by atoms with Crippen molar-refractivity contribution in [1.82, 2.24) is 15.0 Å². The topological polar surface area (TPSA) is 51.8 Å². The SMILES string of the molecule is CC1C=C(c2ccccc2)C=CC1c1nc(-c2ccccc2)nc(-c2cccc3oc4c(Cl)cccc4c23)n1. The largest absolute Gasteiger partial charge is 0.454 e. The van der Waals surface area contributed by atoms with E-state index in [4.69, 9.17) is 31.0 Å². The molecule has 2 aromatic heterocycles. The number of hydrogen-bond acceptors (Lipinski definition) is 4. The molecule has 1 aliphatic rings. The van der Waals surface area contributed by atoms with Gasteiger partial charge in [0, 0.05) is 27.8 Å². The number of benzene rings is 4. The van der Waals surface area contributed by atoms with E-state index in [1.54, 1.807) is 0 Å². The van der Waals surface area contributed by atoms with Crippen LogP contribution in [0, 0.1) is 5.92 Å². The van der Waals surface area contributed by atoms with Crippen molar-refractivity contribution in [2.45, 2.75) is 12.8 Å². The number of fused-ring (bicyclic) bond motifs is 3. The Bertz CT molecular complexity index is 1890. The molecule has 1 aliphatic carbocycles. The van der Waals surface area contributed by atoms with E-state index in [0.29, 0.717) is 22.3 Å². The minimum atomic E-state index is 0.0106. The Morgan fingerprint density at radius 1 is 0.718 bits per heavy atom. The van der Waals surface area contributed by atoms with E-state index >= 15 is 0 Å². The average Bonchev–Trinajstić information content (AvgIpc) is 3.38. The Balaban J connectivity index is 1.40. The van der Waals surface area contributed by atoms with Crippen LogP contribution >= 0.6 is 11.6 Å². The lowest BCUT2D eigenvalue weighted by molar-refractivity contribution is 0.602. The Kier molecular flexibility index (Phi) is 5.83. The van der Waals surface area contributed by atoms with Crippen molar-refractivity contribution in [3.63, 3.8) is 0 Å². The van der Waals surface area contributed by atoms with Crippen LogP contribution in [0.4, 0.5) is 0 Å². The maximum Gasteiger partial charge on any atom is 0.164 e. The third-order valence-electron chi connectivity index (χ3n) is 7.30. The maximum absolute atomic E-state index is 6.48. The third-order valence-corrected chi connectivity index (χ3v) is 7.60. The van der Waals surface area contributed by atoms with Gasteiger partial charge >= 0.3 is 0 Å². The van der Waals surface area contributed by atoms with Crippen molar-refractivity contribution in [1.29, 1.82) is 0 Å². The highest BCUT2D eigenvalue weighted by atomic mass is 35.5. The van der Waals surface area contributed by atoms with E-state index in [1.807, 2.05) is 72.8 Å². The van der Waals surface area contributed by atoms with Crippen LogP contribution in [0.5, 0.6) is 0 Å². The quantitative estimate of drug-likeness (QED) is 0.230. The van der Waals surface area contributed by atoms with E-state index in [1.165, 1.54) is 11.1 Å². The van der Waals surface area contributed by atoms with E-state index in [0.717, 1.165) is 33.3 Å². The summed E-state index contributed by atoms with van der Waals surface area (Å²) in [5.74, 6) is 2.22. The van der Waals surface area contributed by atoms with Crippen molar-refractivity contribution in [2.75, 3.05) is 0 Å². The van der Waals surface area contributed by atoms with Crippen LogP contribution in [0.15, 0.2) is 120 Å². The maximum atomic E-state index is 6.48. The van der Waals surface area contributed by atoms with Crippen LogP contribution < -0.4 is 0 Å². The molecule has 0 N–H and O–H groups in total. The molecule has 2 heterocycles. The first-order valence-corrected chi connectivity index (χ1v) is 13.4. The fourth-order valence-corrected chi connectivity index (χ4v) is 5.56. The van der Waals surface area contributed by atoms with E-state index in [-0.39, 0.29) is 11.8 Å². The third kappa shape index (κ3) is 4.23. The van der Waals surface area contributed by atoms with Crippen LogP contribution in [0.2, 0.25) is 5.02 Å². The Hall–Kier alpha value is -4.54. The summed E-state index contributed by atoms with van der Waals surface area (Å²) in [7, 11) is 0. The van der Waals surface area contributed by atoms with Crippen LogP contribution in [0.1, 0.15) is 24.2 Å². The normalized spacial score (nSPS) is 17.0. The summed E-state index contributed by atoms with van der Waals surface area (Å²) in [5.41, 5.74) is 5.67. The molecule has 4 aromatic carbocycles. The lowest BCUT2D eigenvalue weighted by Crippen LogP contribution is -2.14. The van der Waals surface area contributed by atoms with E-state index < -0.39 is 0 Å². The Morgan fingerprint density at radius 2 is 1.44 bits per heavy atom. The zero-order valence-corrected chi connectivity index (χ0v) is 22.0. The summed E-state index contributed by atoms with van der Waals surface area (Å²) in [4.78, 5) is 15.1. The highest BCUT2D eigenvalue weighted by Crippen LogP contribution is 2.39. The number of allylic oxidation sites excluding steroid dienone is 4. The van der Waals surface area contributed by atoms with Gasteiger partial charge in [-0.05, 0) is 29.2 Å². The second kappa shape index (κ2) is 9.64. The van der Waals surface area contributed by atoms with E-state index in [9.17, 15) is 0 Å². The zero-order valence-electron chi connectivity index (χ0n) is 21.3. The van der Waals surface area contributed by atoms with Gasteiger partial charge in [0.1, 0.15) is 11.4 Å². The predicted molar refractivity (Wildman–Crippen MR) is 158 cm³/mol. The van der Waals surface area contributed by atoms with Gasteiger partial charge in [0.05, 0.1) is 5.02 Å². The summed E-state index contributed by atoms with van der Waals surface area (Å²) in [6.45, 7) is 2.22. The van der Waals surface area contributed by atoms with Crippen molar-refractivity contribution in [2.24, 2.45) is 5.92 Å². The smallest absolute Gasteiger partial charge is 0.164 e. The van der Waals surface area contributed by atoms with Gasteiger partial charge in [-0.25, -0.2) is 15.0 Å². The van der Waals surface area contributed by atoms with Crippen LogP contribution in [0.3, 0.4) is 0 Å². The molecular weight excluding hydrogens is 502 g/mol. The molecule has 7 rings (SSSR count). The first kappa shape index (κ1) is 23.6. The molecule has 0 spiro atoms. The highest BCUT2D eigenvalue weighted by molar-refractivity contribution is 6.36. The number of para-hydroxylation sites is 1. The number of nitrogens with zero attached hydrogens (tertiary/aromatic N) is 3. The van der Waals surface area contributed by atoms with Gasteiger partial charge in [0.25, 0.3) is 0 Å². The van der Waals surface area contributed by atoms with Gasteiger partial charge in [-0.3, -0.25) is 0 Å². The molecule has 0 aliphatic heterocycles. The predicted octanol–water partition coefficient (Wildman–Crippen LogP) is 9.13. The summed E-state index contributed by atoms with van der Waals surface area (Å²) < 4.78 is 6.16. The average molecular weight is 526 g/mol. The van der Waals surface area contributed by atoms with E-state index in [2.05, 4.69) is 49.4 Å². The highest BCUT2D eigenvalue weighted by Gasteiger charge is 2.25. The molecule has 4 nitrogen and oxygen atoms in total. The second-order valence-corrected chi connectivity index (χ2v) is 10.2. The monoisotopic (exact) mass is 525 g/mol. The number of aromatic nitrogens is 3. The fourth-order valence-electron chi connectivity index (χ4n) is 5.35. The lowest BCUT2D eigenvalue weighted by atomic mass is 9.84. The Labute approximate surface area is 231 Å². The number of halogens is 1. The molecule has 0 amide bonds. The van der Waals surface area contributed by atoms with Gasteiger partial charge in [0.15, 0.2) is 17.2 Å². The van der Waals surface area contributed by atoms with Gasteiger partial charge in [-0.1, -0.05) is 122 Å². The number of rotatable bonds is 4.